The first-order valence-corrected chi connectivity index (χ1v) is 7.94. The zero-order valence-electron chi connectivity index (χ0n) is 10.6. The molecule has 5 nitrogen and oxygen atoms in total. The Balaban J connectivity index is 2.33. The fourth-order valence-corrected chi connectivity index (χ4v) is 3.56. The third-order valence-electron chi connectivity index (χ3n) is 2.62. The van der Waals surface area contributed by atoms with Crippen LogP contribution in [0.15, 0.2) is 26.4 Å². The minimum Gasteiger partial charge on any atom is -0.404 e. The van der Waals surface area contributed by atoms with E-state index in [2.05, 4.69) is 21.2 Å². The maximum absolute atomic E-state index is 10.7. The molecule has 0 aliphatic heterocycles. The van der Waals surface area contributed by atoms with Crippen LogP contribution in [-0.2, 0) is 0 Å². The van der Waals surface area contributed by atoms with Gasteiger partial charge in [0.05, 0.1) is 14.9 Å². The Morgan fingerprint density at radius 2 is 2.35 bits per heavy atom. The second-order valence-corrected chi connectivity index (χ2v) is 6.90. The minimum absolute atomic E-state index is 0.238. The molecular weight excluding hydrogens is 368 g/mol. The second kappa shape index (κ2) is 6.71. The predicted molar refractivity (Wildman–Crippen MR) is 82.5 cm³/mol. The van der Waals surface area contributed by atoms with Crippen LogP contribution in [0.4, 0.5) is 5.88 Å². The van der Waals surface area contributed by atoms with Gasteiger partial charge >= 0.3 is 5.88 Å². The van der Waals surface area contributed by atoms with Gasteiger partial charge in [-0.2, -0.15) is 0 Å². The fraction of sp³-hybridized carbons (Fsp3) is 0.333. The Bertz CT molecular complexity index is 594. The summed E-state index contributed by atoms with van der Waals surface area (Å²) in [4.78, 5) is 11.1. The van der Waals surface area contributed by atoms with Crippen molar-refractivity contribution in [2.24, 2.45) is 0 Å². The third kappa shape index (κ3) is 3.41. The number of hydrogen-bond donors (Lipinski definition) is 1. The zero-order chi connectivity index (χ0) is 14.7. The summed E-state index contributed by atoms with van der Waals surface area (Å²) in [5.41, 5.74) is 0. The van der Waals surface area contributed by atoms with E-state index in [9.17, 15) is 10.1 Å². The molecular formula is C12H12BrClN2O3S. The first-order chi connectivity index (χ1) is 9.52. The van der Waals surface area contributed by atoms with Crippen molar-refractivity contribution >= 4 is 44.8 Å². The molecule has 1 unspecified atom stereocenters. The molecule has 2 heterocycles. The minimum atomic E-state index is -0.544. The van der Waals surface area contributed by atoms with Crippen LogP contribution in [-0.4, -0.2) is 11.5 Å². The second-order valence-electron chi connectivity index (χ2n) is 4.09. The average molecular weight is 380 g/mol. The van der Waals surface area contributed by atoms with Crippen LogP contribution in [0.1, 0.15) is 30.0 Å². The molecule has 20 heavy (non-hydrogen) atoms. The van der Waals surface area contributed by atoms with Crippen LogP contribution in [0.5, 0.6) is 0 Å². The third-order valence-corrected chi connectivity index (χ3v) is 5.16. The van der Waals surface area contributed by atoms with E-state index in [4.69, 9.17) is 16.0 Å². The van der Waals surface area contributed by atoms with Crippen LogP contribution < -0.4 is 5.32 Å². The Hall–Kier alpha value is -0.890. The van der Waals surface area contributed by atoms with Gasteiger partial charge in [-0.25, -0.2) is 0 Å². The average Bonchev–Trinajstić information content (AvgIpc) is 2.99. The van der Waals surface area contributed by atoms with Gasteiger partial charge in [0.25, 0.3) is 0 Å². The lowest BCUT2D eigenvalue weighted by Gasteiger charge is -2.14. The van der Waals surface area contributed by atoms with Crippen molar-refractivity contribution in [3.8, 4) is 0 Å². The number of halogens is 2. The molecule has 2 aromatic heterocycles. The molecule has 2 rings (SSSR count). The molecule has 0 spiro atoms. The summed E-state index contributed by atoms with van der Waals surface area (Å²) in [6, 6.07) is 4.57. The summed E-state index contributed by atoms with van der Waals surface area (Å²) < 4.78 is 6.13. The molecule has 108 valence electrons. The number of hydrogen-bond acceptors (Lipinski definition) is 5. The summed E-state index contributed by atoms with van der Waals surface area (Å²) in [5, 5.41) is 14.6. The van der Waals surface area contributed by atoms with E-state index in [1.807, 2.05) is 13.0 Å². The summed E-state index contributed by atoms with van der Waals surface area (Å²) in [7, 11) is 0. The lowest BCUT2D eigenvalue weighted by atomic mass is 10.2. The monoisotopic (exact) mass is 378 g/mol. The molecule has 0 aliphatic rings. The summed E-state index contributed by atoms with van der Waals surface area (Å²) in [6.07, 6.45) is 0.944. The highest BCUT2D eigenvalue weighted by Gasteiger charge is 2.23. The van der Waals surface area contributed by atoms with Gasteiger partial charge < -0.3 is 9.73 Å². The largest absolute Gasteiger partial charge is 0.433 e. The molecule has 0 aromatic carbocycles. The predicted octanol–water partition coefficient (Wildman–Crippen LogP) is 4.75. The lowest BCUT2D eigenvalue weighted by molar-refractivity contribution is -0.402. The van der Waals surface area contributed by atoms with Gasteiger partial charge in [0.2, 0.25) is 0 Å². The molecule has 0 aliphatic carbocycles. The topological polar surface area (TPSA) is 68.3 Å². The normalized spacial score (nSPS) is 12.6. The number of furan rings is 1. The number of thiophene rings is 1. The van der Waals surface area contributed by atoms with E-state index >= 15 is 0 Å². The van der Waals surface area contributed by atoms with E-state index < -0.39 is 4.92 Å². The molecule has 1 N–H and O–H groups in total. The zero-order valence-corrected chi connectivity index (χ0v) is 13.7. The molecule has 0 amide bonds. The van der Waals surface area contributed by atoms with E-state index in [-0.39, 0.29) is 11.9 Å². The number of nitro groups is 1. The summed E-state index contributed by atoms with van der Waals surface area (Å²) >= 11 is 10.9. The Kier molecular flexibility index (Phi) is 5.20. The molecule has 0 fully saturated rings. The van der Waals surface area contributed by atoms with Crippen molar-refractivity contribution in [3.05, 3.63) is 47.8 Å². The SMILES string of the molecule is CCCNC(c1ccc([N+](=O)[O-])o1)c1cc(Cl)c(Br)s1. The van der Waals surface area contributed by atoms with Gasteiger partial charge in [0.15, 0.2) is 0 Å². The maximum Gasteiger partial charge on any atom is 0.433 e. The van der Waals surface area contributed by atoms with Gasteiger partial charge in [0, 0.05) is 4.88 Å². The molecule has 1 atom stereocenters. The van der Waals surface area contributed by atoms with Crippen molar-refractivity contribution in [2.45, 2.75) is 19.4 Å². The van der Waals surface area contributed by atoms with Crippen LogP contribution in [0.2, 0.25) is 5.02 Å². The Morgan fingerprint density at radius 3 is 2.85 bits per heavy atom. The van der Waals surface area contributed by atoms with Crippen LogP contribution in [0.3, 0.4) is 0 Å². The van der Waals surface area contributed by atoms with Gasteiger partial charge in [-0.3, -0.25) is 10.1 Å². The number of nitrogens with zero attached hydrogens (tertiary/aromatic N) is 1. The van der Waals surface area contributed by atoms with Crippen molar-refractivity contribution in [1.82, 2.24) is 5.32 Å². The van der Waals surface area contributed by atoms with Crippen LogP contribution >= 0.6 is 38.9 Å². The summed E-state index contributed by atoms with van der Waals surface area (Å²) in [6.45, 7) is 2.82. The van der Waals surface area contributed by atoms with Gasteiger partial charge in [-0.15, -0.1) is 11.3 Å². The molecule has 0 saturated heterocycles. The van der Waals surface area contributed by atoms with Gasteiger partial charge in [-0.05, 0) is 41.0 Å². The van der Waals surface area contributed by atoms with E-state index in [0.29, 0.717) is 10.8 Å². The van der Waals surface area contributed by atoms with Crippen molar-refractivity contribution < 1.29 is 9.34 Å². The van der Waals surface area contributed by atoms with Crippen LogP contribution in [0.25, 0.3) is 0 Å². The Labute approximate surface area is 133 Å². The molecule has 0 radical (unpaired) electrons. The fourth-order valence-electron chi connectivity index (χ4n) is 1.73. The molecule has 8 heteroatoms. The van der Waals surface area contributed by atoms with E-state index in [1.165, 1.54) is 17.4 Å². The smallest absolute Gasteiger partial charge is 0.404 e. The summed E-state index contributed by atoms with van der Waals surface area (Å²) in [5.74, 6) is 0.251. The van der Waals surface area contributed by atoms with E-state index in [1.54, 1.807) is 6.07 Å². The number of nitrogens with one attached hydrogen (secondary N) is 1. The van der Waals surface area contributed by atoms with Crippen molar-refractivity contribution in [3.63, 3.8) is 0 Å². The highest BCUT2D eigenvalue weighted by molar-refractivity contribution is 9.11. The highest BCUT2D eigenvalue weighted by atomic mass is 79.9. The van der Waals surface area contributed by atoms with Crippen LogP contribution in [0, 0.1) is 10.1 Å². The van der Waals surface area contributed by atoms with Gasteiger partial charge in [-0.1, -0.05) is 18.5 Å². The first-order valence-electron chi connectivity index (χ1n) is 5.95. The standard InChI is InChI=1S/C12H12BrClN2O3S/c1-2-5-15-11(9-6-7(14)12(13)20-9)8-3-4-10(19-8)16(17)18/h3-4,6,11,15H,2,5H2,1H3. The molecule has 2 aromatic rings. The van der Waals surface area contributed by atoms with Crippen molar-refractivity contribution in [2.75, 3.05) is 6.54 Å². The highest BCUT2D eigenvalue weighted by Crippen LogP contribution is 2.38. The maximum atomic E-state index is 10.7. The lowest BCUT2D eigenvalue weighted by Crippen LogP contribution is -2.21. The first kappa shape index (κ1) is 15.5. The van der Waals surface area contributed by atoms with Gasteiger partial charge in [0.1, 0.15) is 16.7 Å². The Morgan fingerprint density at radius 1 is 1.60 bits per heavy atom. The quantitative estimate of drug-likeness (QED) is 0.580. The molecule has 0 bridgehead atoms. The van der Waals surface area contributed by atoms with E-state index in [0.717, 1.165) is 21.6 Å². The van der Waals surface area contributed by atoms with Crippen molar-refractivity contribution in [1.29, 1.82) is 0 Å². The molecule has 0 saturated carbocycles. The number of rotatable bonds is 6.